The van der Waals surface area contributed by atoms with E-state index in [4.69, 9.17) is 9.47 Å². The van der Waals surface area contributed by atoms with Gasteiger partial charge in [0, 0.05) is 19.0 Å². The van der Waals surface area contributed by atoms with Crippen LogP contribution >= 0.6 is 0 Å². The Morgan fingerprint density at radius 2 is 1.71 bits per heavy atom. The number of rotatable bonds is 8. The molecule has 186 valence electrons. The van der Waals surface area contributed by atoms with E-state index in [1.54, 1.807) is 13.2 Å². The van der Waals surface area contributed by atoms with Gasteiger partial charge in [-0.3, -0.25) is 4.79 Å². The van der Waals surface area contributed by atoms with Crippen molar-refractivity contribution in [3.05, 3.63) is 53.1 Å². The Bertz CT molecular complexity index is 1120. The van der Waals surface area contributed by atoms with Crippen LogP contribution in [-0.4, -0.2) is 44.9 Å². The molecule has 2 aromatic rings. The lowest BCUT2D eigenvalue weighted by atomic mass is 9.96. The first kappa shape index (κ1) is 26.0. The van der Waals surface area contributed by atoms with Gasteiger partial charge in [0.25, 0.3) is 0 Å². The van der Waals surface area contributed by atoms with Crippen molar-refractivity contribution < 1.29 is 22.7 Å². The molecule has 8 heteroatoms. The molecular weight excluding hydrogens is 452 g/mol. The summed E-state index contributed by atoms with van der Waals surface area (Å²) in [5.41, 5.74) is 2.69. The van der Waals surface area contributed by atoms with Crippen LogP contribution in [0.5, 0.6) is 11.5 Å². The van der Waals surface area contributed by atoms with Gasteiger partial charge in [-0.2, -0.15) is 4.31 Å². The summed E-state index contributed by atoms with van der Waals surface area (Å²) < 4.78 is 38.9. The van der Waals surface area contributed by atoms with E-state index in [-0.39, 0.29) is 24.0 Å². The van der Waals surface area contributed by atoms with Gasteiger partial charge in [-0.1, -0.05) is 23.8 Å². The number of hydrogen-bond donors (Lipinski definition) is 1. The van der Waals surface area contributed by atoms with Gasteiger partial charge in [-0.05, 0) is 76.8 Å². The monoisotopic (exact) mass is 488 g/mol. The number of amides is 1. The molecule has 1 aliphatic rings. The van der Waals surface area contributed by atoms with E-state index in [2.05, 4.69) is 5.32 Å². The van der Waals surface area contributed by atoms with Gasteiger partial charge in [0.2, 0.25) is 15.9 Å². The molecule has 0 aliphatic carbocycles. The number of methoxy groups -OCH3 is 1. The second-order valence-corrected chi connectivity index (χ2v) is 11.2. The lowest BCUT2D eigenvalue weighted by molar-refractivity contribution is -0.126. The maximum atomic E-state index is 13.1. The highest BCUT2D eigenvalue weighted by Crippen LogP contribution is 2.32. The van der Waals surface area contributed by atoms with Gasteiger partial charge in [0.15, 0.2) is 11.5 Å². The highest BCUT2D eigenvalue weighted by Gasteiger charge is 2.33. The van der Waals surface area contributed by atoms with Crippen LogP contribution in [0.1, 0.15) is 56.3 Å². The summed E-state index contributed by atoms with van der Waals surface area (Å²) in [6.07, 6.45) is 1.02. The second kappa shape index (κ2) is 10.8. The van der Waals surface area contributed by atoms with Crippen LogP contribution < -0.4 is 14.8 Å². The lowest BCUT2D eigenvalue weighted by Crippen LogP contribution is -2.43. The van der Waals surface area contributed by atoms with Crippen LogP contribution in [0.3, 0.4) is 0 Å². The molecular formula is C26H36N2O5S. The van der Waals surface area contributed by atoms with Crippen LogP contribution in [0.25, 0.3) is 0 Å². The highest BCUT2D eigenvalue weighted by atomic mass is 32.2. The topological polar surface area (TPSA) is 84.9 Å². The third-order valence-electron chi connectivity index (χ3n) is 6.18. The third kappa shape index (κ3) is 5.91. The van der Waals surface area contributed by atoms with E-state index in [1.807, 2.05) is 65.0 Å². The maximum absolute atomic E-state index is 13.1. The molecule has 1 aliphatic heterocycles. The van der Waals surface area contributed by atoms with Crippen molar-refractivity contribution in [2.24, 2.45) is 5.92 Å². The number of nitrogens with one attached hydrogen (secondary N) is 1. The minimum absolute atomic E-state index is 0.0291. The number of ether oxygens (including phenoxy) is 2. The van der Waals surface area contributed by atoms with Crippen molar-refractivity contribution in [3.8, 4) is 11.5 Å². The summed E-state index contributed by atoms with van der Waals surface area (Å²) in [4.78, 5) is 13.3. The summed E-state index contributed by atoms with van der Waals surface area (Å²) >= 11 is 0. The lowest BCUT2D eigenvalue weighted by Gasteiger charge is -2.31. The molecule has 7 nitrogen and oxygen atoms in total. The Morgan fingerprint density at radius 1 is 1.03 bits per heavy atom. The van der Waals surface area contributed by atoms with Crippen molar-refractivity contribution >= 4 is 15.9 Å². The predicted molar refractivity (Wildman–Crippen MR) is 133 cm³/mol. The largest absolute Gasteiger partial charge is 0.493 e. The smallest absolute Gasteiger partial charge is 0.243 e. The first-order valence-electron chi connectivity index (χ1n) is 11.7. The van der Waals surface area contributed by atoms with Crippen LogP contribution in [0.4, 0.5) is 0 Å². The Balaban J connectivity index is 1.61. The average molecular weight is 489 g/mol. The van der Waals surface area contributed by atoms with Crippen LogP contribution in [0, 0.1) is 19.8 Å². The second-order valence-electron chi connectivity index (χ2n) is 9.25. The number of aryl methyl sites for hydroxylation is 2. The first-order valence-corrected chi connectivity index (χ1v) is 13.2. The number of carbonyl (C=O) groups excluding carboxylic acids is 1. The molecule has 1 atom stereocenters. The van der Waals surface area contributed by atoms with Crippen molar-refractivity contribution in [1.29, 1.82) is 0 Å². The zero-order valence-corrected chi connectivity index (χ0v) is 21.7. The molecule has 0 radical (unpaired) electrons. The van der Waals surface area contributed by atoms with Gasteiger partial charge in [-0.25, -0.2) is 8.42 Å². The normalized spacial score (nSPS) is 16.3. The predicted octanol–water partition coefficient (Wildman–Crippen LogP) is 4.38. The minimum Gasteiger partial charge on any atom is -0.493 e. The van der Waals surface area contributed by atoms with Gasteiger partial charge in [-0.15, -0.1) is 0 Å². The number of piperidine rings is 1. The fraction of sp³-hybridized carbons (Fsp3) is 0.500. The van der Waals surface area contributed by atoms with Gasteiger partial charge in [0.05, 0.1) is 24.2 Å². The van der Waals surface area contributed by atoms with Gasteiger partial charge >= 0.3 is 0 Å². The van der Waals surface area contributed by atoms with E-state index in [0.717, 1.165) is 16.7 Å². The van der Waals surface area contributed by atoms with E-state index in [1.165, 1.54) is 4.31 Å². The van der Waals surface area contributed by atoms with Crippen molar-refractivity contribution in [1.82, 2.24) is 9.62 Å². The Morgan fingerprint density at radius 3 is 2.29 bits per heavy atom. The third-order valence-corrected chi connectivity index (χ3v) is 8.24. The van der Waals surface area contributed by atoms with Gasteiger partial charge in [0.1, 0.15) is 0 Å². The SMILES string of the molecule is COc1cc(C(C)NC(=O)C2CCN(S(=O)(=O)c3ccc(C)cc3C)CC2)ccc1OC(C)C. The summed E-state index contributed by atoms with van der Waals surface area (Å²) in [6, 6.07) is 10.8. The summed E-state index contributed by atoms with van der Waals surface area (Å²) in [7, 11) is -1.98. The molecule has 34 heavy (non-hydrogen) atoms. The van der Waals surface area contributed by atoms with Gasteiger partial charge < -0.3 is 14.8 Å². The fourth-order valence-electron chi connectivity index (χ4n) is 4.31. The molecule has 1 saturated heterocycles. The number of sulfonamides is 1. The number of carbonyl (C=O) groups is 1. The fourth-order valence-corrected chi connectivity index (χ4v) is 5.98. The van der Waals surface area contributed by atoms with Crippen molar-refractivity contribution in [3.63, 3.8) is 0 Å². The average Bonchev–Trinajstić information content (AvgIpc) is 2.78. The zero-order chi connectivity index (χ0) is 25.0. The molecule has 0 aromatic heterocycles. The van der Waals surface area contributed by atoms with E-state index < -0.39 is 10.0 Å². The minimum atomic E-state index is -3.57. The molecule has 1 fully saturated rings. The molecule has 3 rings (SSSR count). The molecule has 2 aromatic carbocycles. The summed E-state index contributed by atoms with van der Waals surface area (Å²) in [5, 5.41) is 3.07. The molecule has 1 N–H and O–H groups in total. The molecule has 1 heterocycles. The Labute approximate surface area is 203 Å². The summed E-state index contributed by atoms with van der Waals surface area (Å²) in [5.74, 6) is 1.00. The van der Waals surface area contributed by atoms with E-state index in [0.29, 0.717) is 42.3 Å². The molecule has 0 bridgehead atoms. The quantitative estimate of drug-likeness (QED) is 0.596. The highest BCUT2D eigenvalue weighted by molar-refractivity contribution is 7.89. The number of benzene rings is 2. The van der Waals surface area contributed by atoms with Crippen LogP contribution in [0.2, 0.25) is 0 Å². The molecule has 1 amide bonds. The molecule has 1 unspecified atom stereocenters. The first-order chi connectivity index (χ1) is 16.0. The maximum Gasteiger partial charge on any atom is 0.243 e. The molecule has 0 saturated carbocycles. The van der Waals surface area contributed by atoms with E-state index in [9.17, 15) is 13.2 Å². The summed E-state index contributed by atoms with van der Waals surface area (Å²) in [6.45, 7) is 10.3. The van der Waals surface area contributed by atoms with Crippen molar-refractivity contribution in [2.75, 3.05) is 20.2 Å². The van der Waals surface area contributed by atoms with E-state index >= 15 is 0 Å². The Kier molecular flexibility index (Phi) is 8.25. The number of nitrogens with zero attached hydrogens (tertiary/aromatic N) is 1. The standard InChI is InChI=1S/C26H36N2O5S/c1-17(2)33-23-9-8-22(16-24(23)32-6)20(5)27-26(29)21-11-13-28(14-12-21)34(30,31)25-10-7-18(3)15-19(25)4/h7-10,15-17,20-21H,11-14H2,1-6H3,(H,27,29). The number of hydrogen-bond acceptors (Lipinski definition) is 5. The molecule has 0 spiro atoms. The zero-order valence-electron chi connectivity index (χ0n) is 20.9. The van der Waals surface area contributed by atoms with Crippen LogP contribution in [0.15, 0.2) is 41.3 Å². The van der Waals surface area contributed by atoms with Crippen molar-refractivity contribution in [2.45, 2.75) is 64.5 Å². The van der Waals surface area contributed by atoms with Crippen LogP contribution in [-0.2, 0) is 14.8 Å². The Hall–Kier alpha value is -2.58.